The van der Waals surface area contributed by atoms with Gasteiger partial charge < -0.3 is 21.3 Å². The standard InChI is InChI=1S/C27H30ClFN6O3/c1-17-9-13-34(14-10-17)12-2-11-31-27(38)23-24(25(30)36)35(16-32-23)20-6-4-19(5-7-20)33-26(37)21-8-3-18(29)15-22(21)28/h3-8,15-17H,2,9-14H2,1H3,(H2,30,36)(H,31,38)(H,33,37). The van der Waals surface area contributed by atoms with E-state index < -0.39 is 23.5 Å². The summed E-state index contributed by atoms with van der Waals surface area (Å²) < 4.78 is 14.7. The van der Waals surface area contributed by atoms with Crippen molar-refractivity contribution >= 4 is 35.0 Å². The number of amides is 3. The molecule has 1 fully saturated rings. The number of benzene rings is 2. The van der Waals surface area contributed by atoms with E-state index in [1.807, 2.05) is 0 Å². The van der Waals surface area contributed by atoms with E-state index in [0.29, 0.717) is 17.9 Å². The number of hydrogen-bond donors (Lipinski definition) is 3. The van der Waals surface area contributed by atoms with Gasteiger partial charge in [0.2, 0.25) is 0 Å². The van der Waals surface area contributed by atoms with E-state index >= 15 is 0 Å². The van der Waals surface area contributed by atoms with Crippen molar-refractivity contribution < 1.29 is 18.8 Å². The van der Waals surface area contributed by atoms with Gasteiger partial charge in [0.1, 0.15) is 17.8 Å². The van der Waals surface area contributed by atoms with Gasteiger partial charge >= 0.3 is 0 Å². The molecule has 0 aliphatic carbocycles. The molecule has 0 spiro atoms. The first-order valence-electron chi connectivity index (χ1n) is 12.5. The number of piperidine rings is 1. The summed E-state index contributed by atoms with van der Waals surface area (Å²) in [4.78, 5) is 44.1. The van der Waals surface area contributed by atoms with Crippen LogP contribution in [0.3, 0.4) is 0 Å². The van der Waals surface area contributed by atoms with E-state index in [1.54, 1.807) is 24.3 Å². The summed E-state index contributed by atoms with van der Waals surface area (Å²) in [6.07, 6.45) is 4.54. The minimum Gasteiger partial charge on any atom is -0.364 e. The van der Waals surface area contributed by atoms with Gasteiger partial charge in [0.25, 0.3) is 17.7 Å². The van der Waals surface area contributed by atoms with Gasteiger partial charge in [-0.2, -0.15) is 0 Å². The summed E-state index contributed by atoms with van der Waals surface area (Å²) in [6.45, 7) is 5.79. The molecule has 200 valence electrons. The molecule has 3 aromatic rings. The van der Waals surface area contributed by atoms with E-state index in [2.05, 4.69) is 27.4 Å². The first-order chi connectivity index (χ1) is 18.2. The third-order valence-corrected chi connectivity index (χ3v) is 6.92. The van der Waals surface area contributed by atoms with Gasteiger partial charge in [-0.25, -0.2) is 9.37 Å². The lowest BCUT2D eigenvalue weighted by Crippen LogP contribution is -2.35. The molecule has 11 heteroatoms. The highest BCUT2D eigenvalue weighted by molar-refractivity contribution is 6.34. The topological polar surface area (TPSA) is 122 Å². The van der Waals surface area contributed by atoms with Gasteiger partial charge in [-0.05, 0) is 87.3 Å². The van der Waals surface area contributed by atoms with Crippen molar-refractivity contribution in [3.05, 3.63) is 76.6 Å². The van der Waals surface area contributed by atoms with Gasteiger partial charge in [-0.15, -0.1) is 0 Å². The maximum Gasteiger partial charge on any atom is 0.272 e. The van der Waals surface area contributed by atoms with Crippen LogP contribution in [0.5, 0.6) is 0 Å². The van der Waals surface area contributed by atoms with Crippen molar-refractivity contribution in [2.45, 2.75) is 26.2 Å². The van der Waals surface area contributed by atoms with Crippen LogP contribution in [0.4, 0.5) is 10.1 Å². The Labute approximate surface area is 225 Å². The Morgan fingerprint density at radius 2 is 1.82 bits per heavy atom. The number of aromatic nitrogens is 2. The number of carbonyl (C=O) groups is 3. The third-order valence-electron chi connectivity index (χ3n) is 6.61. The molecule has 1 aromatic heterocycles. The molecule has 0 saturated carbocycles. The highest BCUT2D eigenvalue weighted by Gasteiger charge is 2.23. The molecule has 2 heterocycles. The van der Waals surface area contributed by atoms with Gasteiger partial charge in [0.15, 0.2) is 5.69 Å². The van der Waals surface area contributed by atoms with E-state index in [1.165, 1.54) is 29.8 Å². The van der Waals surface area contributed by atoms with Crippen LogP contribution >= 0.6 is 11.6 Å². The summed E-state index contributed by atoms with van der Waals surface area (Å²) >= 11 is 5.96. The molecule has 0 atom stereocenters. The fraction of sp³-hybridized carbons (Fsp3) is 0.333. The zero-order valence-electron chi connectivity index (χ0n) is 21.0. The minimum atomic E-state index is -0.793. The Morgan fingerprint density at radius 3 is 2.47 bits per heavy atom. The summed E-state index contributed by atoms with van der Waals surface area (Å²) in [5.74, 6) is -1.54. The average Bonchev–Trinajstić information content (AvgIpc) is 3.34. The molecule has 0 bridgehead atoms. The number of carbonyl (C=O) groups excluding carboxylic acids is 3. The van der Waals surface area contributed by atoms with Crippen LogP contribution < -0.4 is 16.4 Å². The lowest BCUT2D eigenvalue weighted by molar-refractivity contribution is 0.0927. The van der Waals surface area contributed by atoms with Gasteiger partial charge in [-0.1, -0.05) is 18.5 Å². The second kappa shape index (κ2) is 12.2. The largest absolute Gasteiger partial charge is 0.364 e. The molecule has 3 amide bonds. The van der Waals surface area contributed by atoms with E-state index in [-0.39, 0.29) is 22.0 Å². The minimum absolute atomic E-state index is 0.00410. The number of primary amides is 1. The fourth-order valence-electron chi connectivity index (χ4n) is 4.40. The van der Waals surface area contributed by atoms with E-state index in [0.717, 1.165) is 44.1 Å². The van der Waals surface area contributed by atoms with Crippen LogP contribution in [0.15, 0.2) is 48.8 Å². The molecule has 4 N–H and O–H groups in total. The number of likely N-dealkylation sites (tertiary alicyclic amines) is 1. The monoisotopic (exact) mass is 540 g/mol. The zero-order valence-corrected chi connectivity index (χ0v) is 21.8. The van der Waals surface area contributed by atoms with E-state index in [9.17, 15) is 18.8 Å². The summed E-state index contributed by atoms with van der Waals surface area (Å²) in [5, 5.41) is 5.51. The maximum atomic E-state index is 13.3. The molecule has 0 unspecified atom stereocenters. The SMILES string of the molecule is CC1CCN(CCCNC(=O)c2ncn(-c3ccc(NC(=O)c4ccc(F)cc4Cl)cc3)c2C(N)=O)CC1. The summed E-state index contributed by atoms with van der Waals surface area (Å²) in [5.41, 5.74) is 6.60. The van der Waals surface area contributed by atoms with Gasteiger partial charge in [-0.3, -0.25) is 19.0 Å². The van der Waals surface area contributed by atoms with Crippen LogP contribution in [0, 0.1) is 11.7 Å². The molecule has 1 saturated heterocycles. The Kier molecular flexibility index (Phi) is 8.75. The lowest BCUT2D eigenvalue weighted by Gasteiger charge is -2.30. The van der Waals surface area contributed by atoms with Crippen LogP contribution in [0.25, 0.3) is 5.69 Å². The molecule has 1 aliphatic rings. The van der Waals surface area contributed by atoms with Crippen LogP contribution in [-0.4, -0.2) is 58.4 Å². The molecule has 0 radical (unpaired) electrons. The number of nitrogens with zero attached hydrogens (tertiary/aromatic N) is 3. The van der Waals surface area contributed by atoms with Crippen molar-refractivity contribution in [3.8, 4) is 5.69 Å². The second-order valence-electron chi connectivity index (χ2n) is 9.43. The predicted molar refractivity (Wildman–Crippen MR) is 143 cm³/mol. The number of nitrogens with one attached hydrogen (secondary N) is 2. The predicted octanol–water partition coefficient (Wildman–Crippen LogP) is 3.87. The Balaban J connectivity index is 1.39. The average molecular weight is 541 g/mol. The Hall–Kier alpha value is -3.76. The van der Waals surface area contributed by atoms with Crippen LogP contribution in [-0.2, 0) is 0 Å². The number of nitrogens with two attached hydrogens (primary N) is 1. The first kappa shape index (κ1) is 27.3. The van der Waals surface area contributed by atoms with Crippen LogP contribution in [0.1, 0.15) is 57.5 Å². The van der Waals surface area contributed by atoms with Gasteiger partial charge in [0.05, 0.1) is 10.6 Å². The highest BCUT2D eigenvalue weighted by atomic mass is 35.5. The van der Waals surface area contributed by atoms with Crippen molar-refractivity contribution in [2.24, 2.45) is 11.7 Å². The number of anilines is 1. The molecule has 1 aliphatic heterocycles. The number of rotatable bonds is 9. The molecule has 4 rings (SSSR count). The smallest absolute Gasteiger partial charge is 0.272 e. The number of imidazole rings is 1. The quantitative estimate of drug-likeness (QED) is 0.356. The van der Waals surface area contributed by atoms with Crippen LogP contribution in [0.2, 0.25) is 5.02 Å². The first-order valence-corrected chi connectivity index (χ1v) is 12.8. The van der Waals surface area contributed by atoms with Crippen molar-refractivity contribution in [1.82, 2.24) is 19.8 Å². The summed E-state index contributed by atoms with van der Waals surface area (Å²) in [6, 6.07) is 10.00. The van der Waals surface area contributed by atoms with Crippen molar-refractivity contribution in [1.29, 1.82) is 0 Å². The van der Waals surface area contributed by atoms with Crippen molar-refractivity contribution in [3.63, 3.8) is 0 Å². The molecular formula is C27H30ClFN6O3. The number of hydrogen-bond acceptors (Lipinski definition) is 5. The fourth-order valence-corrected chi connectivity index (χ4v) is 4.65. The third kappa shape index (κ3) is 6.56. The molecular weight excluding hydrogens is 511 g/mol. The number of halogens is 2. The second-order valence-corrected chi connectivity index (χ2v) is 9.84. The summed E-state index contributed by atoms with van der Waals surface area (Å²) in [7, 11) is 0. The van der Waals surface area contributed by atoms with Gasteiger partial charge in [0, 0.05) is 17.9 Å². The zero-order chi connectivity index (χ0) is 27.2. The molecule has 9 nitrogen and oxygen atoms in total. The maximum absolute atomic E-state index is 13.3. The van der Waals surface area contributed by atoms with E-state index in [4.69, 9.17) is 17.3 Å². The molecule has 2 aromatic carbocycles. The highest BCUT2D eigenvalue weighted by Crippen LogP contribution is 2.21. The lowest BCUT2D eigenvalue weighted by atomic mass is 9.99. The Bertz CT molecular complexity index is 1320. The van der Waals surface area contributed by atoms with Crippen molar-refractivity contribution in [2.75, 3.05) is 31.5 Å². The molecule has 38 heavy (non-hydrogen) atoms. The Morgan fingerprint density at radius 1 is 1.11 bits per heavy atom. The normalized spacial score (nSPS) is 14.3.